The molecular formula is C26H26N2O3. The number of fused-ring (bicyclic) bond motifs is 1. The Morgan fingerprint density at radius 2 is 1.81 bits per heavy atom. The van der Waals surface area contributed by atoms with Crippen LogP contribution in [0, 0.1) is 6.92 Å². The van der Waals surface area contributed by atoms with Crippen LogP contribution >= 0.6 is 0 Å². The molecule has 0 aliphatic heterocycles. The molecular weight excluding hydrogens is 388 g/mol. The maximum absolute atomic E-state index is 12.2. The number of anilines is 1. The SMILES string of the molecule is CCC(C)c1ccc2oc(-c3ccc(NC(=O)COc4ccc(C)cc4)cc3)nc2c1. The second-order valence-electron chi connectivity index (χ2n) is 7.78. The van der Waals surface area contributed by atoms with E-state index in [1.165, 1.54) is 5.56 Å². The van der Waals surface area contributed by atoms with Gasteiger partial charge in [0.2, 0.25) is 5.89 Å². The third-order valence-corrected chi connectivity index (χ3v) is 5.40. The summed E-state index contributed by atoms with van der Waals surface area (Å²) in [6.07, 6.45) is 1.08. The smallest absolute Gasteiger partial charge is 0.262 e. The number of amides is 1. The summed E-state index contributed by atoms with van der Waals surface area (Å²) in [4.78, 5) is 16.8. The zero-order valence-corrected chi connectivity index (χ0v) is 18.0. The maximum Gasteiger partial charge on any atom is 0.262 e. The maximum atomic E-state index is 12.2. The molecule has 1 amide bonds. The van der Waals surface area contributed by atoms with E-state index >= 15 is 0 Å². The largest absolute Gasteiger partial charge is 0.484 e. The second-order valence-corrected chi connectivity index (χ2v) is 7.78. The number of hydrogen-bond donors (Lipinski definition) is 1. The molecule has 1 atom stereocenters. The van der Waals surface area contributed by atoms with E-state index < -0.39 is 0 Å². The summed E-state index contributed by atoms with van der Waals surface area (Å²) >= 11 is 0. The fourth-order valence-corrected chi connectivity index (χ4v) is 3.29. The van der Waals surface area contributed by atoms with Crippen LogP contribution in [-0.2, 0) is 4.79 Å². The Kier molecular flexibility index (Phi) is 6.03. The van der Waals surface area contributed by atoms with Gasteiger partial charge >= 0.3 is 0 Å². The molecule has 5 nitrogen and oxygen atoms in total. The summed E-state index contributed by atoms with van der Waals surface area (Å²) in [6.45, 7) is 6.35. The normalized spacial score (nSPS) is 12.0. The number of ether oxygens (including phenoxy) is 1. The van der Waals surface area contributed by atoms with Crippen molar-refractivity contribution >= 4 is 22.7 Å². The van der Waals surface area contributed by atoms with E-state index in [-0.39, 0.29) is 12.5 Å². The summed E-state index contributed by atoms with van der Waals surface area (Å²) in [6, 6.07) is 21.2. The molecule has 0 saturated heterocycles. The average Bonchev–Trinajstić information content (AvgIpc) is 3.22. The number of oxazole rings is 1. The highest BCUT2D eigenvalue weighted by atomic mass is 16.5. The molecule has 1 unspecified atom stereocenters. The van der Waals surface area contributed by atoms with Gasteiger partial charge in [-0.3, -0.25) is 4.79 Å². The van der Waals surface area contributed by atoms with Gasteiger partial charge in [-0.15, -0.1) is 0 Å². The highest BCUT2D eigenvalue weighted by molar-refractivity contribution is 5.92. The van der Waals surface area contributed by atoms with Crippen molar-refractivity contribution in [2.75, 3.05) is 11.9 Å². The molecule has 0 aliphatic rings. The lowest BCUT2D eigenvalue weighted by Crippen LogP contribution is -2.20. The first kappa shape index (κ1) is 20.7. The number of carbonyl (C=O) groups is 1. The van der Waals surface area contributed by atoms with Crippen molar-refractivity contribution in [2.45, 2.75) is 33.1 Å². The summed E-state index contributed by atoms with van der Waals surface area (Å²) in [5.74, 6) is 1.51. The van der Waals surface area contributed by atoms with Crippen molar-refractivity contribution in [1.29, 1.82) is 0 Å². The van der Waals surface area contributed by atoms with E-state index in [4.69, 9.17) is 9.15 Å². The third kappa shape index (κ3) is 4.94. The summed E-state index contributed by atoms with van der Waals surface area (Å²) < 4.78 is 11.4. The van der Waals surface area contributed by atoms with Crippen LogP contribution in [0.1, 0.15) is 37.3 Å². The van der Waals surface area contributed by atoms with E-state index in [2.05, 4.69) is 36.3 Å². The van der Waals surface area contributed by atoms with E-state index in [1.807, 2.05) is 61.5 Å². The molecule has 0 fully saturated rings. The molecule has 4 rings (SSSR count). The molecule has 31 heavy (non-hydrogen) atoms. The number of aromatic nitrogens is 1. The average molecular weight is 415 g/mol. The zero-order valence-electron chi connectivity index (χ0n) is 18.0. The Bertz CT molecular complexity index is 1180. The number of carbonyl (C=O) groups excluding carboxylic acids is 1. The van der Waals surface area contributed by atoms with Crippen LogP contribution in [-0.4, -0.2) is 17.5 Å². The highest BCUT2D eigenvalue weighted by Gasteiger charge is 2.11. The third-order valence-electron chi connectivity index (χ3n) is 5.40. The van der Waals surface area contributed by atoms with Gasteiger partial charge in [0.1, 0.15) is 11.3 Å². The van der Waals surface area contributed by atoms with Crippen molar-refractivity contribution in [3.8, 4) is 17.2 Å². The Hall–Kier alpha value is -3.60. The van der Waals surface area contributed by atoms with Crippen molar-refractivity contribution in [1.82, 2.24) is 4.98 Å². The van der Waals surface area contributed by atoms with Gasteiger partial charge in [-0.25, -0.2) is 4.98 Å². The lowest BCUT2D eigenvalue weighted by molar-refractivity contribution is -0.118. The minimum absolute atomic E-state index is 0.0472. The molecule has 1 aromatic heterocycles. The molecule has 0 aliphatic carbocycles. The molecule has 5 heteroatoms. The van der Waals surface area contributed by atoms with Gasteiger partial charge in [-0.05, 0) is 73.4 Å². The Morgan fingerprint density at radius 3 is 2.52 bits per heavy atom. The van der Waals surface area contributed by atoms with Gasteiger partial charge in [-0.2, -0.15) is 0 Å². The van der Waals surface area contributed by atoms with Crippen LogP contribution in [0.3, 0.4) is 0 Å². The van der Waals surface area contributed by atoms with E-state index in [9.17, 15) is 4.79 Å². The van der Waals surface area contributed by atoms with Gasteiger partial charge < -0.3 is 14.5 Å². The van der Waals surface area contributed by atoms with Crippen molar-refractivity contribution in [3.05, 3.63) is 77.9 Å². The first-order chi connectivity index (χ1) is 15.0. The minimum Gasteiger partial charge on any atom is -0.484 e. The van der Waals surface area contributed by atoms with E-state index in [0.29, 0.717) is 23.2 Å². The lowest BCUT2D eigenvalue weighted by Gasteiger charge is -2.08. The molecule has 0 bridgehead atoms. The predicted molar refractivity (Wildman–Crippen MR) is 123 cm³/mol. The van der Waals surface area contributed by atoms with Crippen LogP contribution in [0.15, 0.2) is 71.1 Å². The van der Waals surface area contributed by atoms with Gasteiger partial charge in [0, 0.05) is 11.3 Å². The molecule has 1 heterocycles. The predicted octanol–water partition coefficient (Wildman–Crippen LogP) is 6.33. The fourth-order valence-electron chi connectivity index (χ4n) is 3.29. The standard InChI is InChI=1S/C26H26N2O3/c1-4-18(3)20-9-14-24-23(15-20)28-26(31-24)19-7-10-21(11-8-19)27-25(29)16-30-22-12-5-17(2)6-13-22/h5-15,18H,4,16H2,1-3H3,(H,27,29). The van der Waals surface area contributed by atoms with Gasteiger partial charge in [0.05, 0.1) is 0 Å². The molecule has 0 saturated carbocycles. The molecule has 0 radical (unpaired) electrons. The van der Waals surface area contributed by atoms with Crippen LogP contribution in [0.5, 0.6) is 5.75 Å². The number of nitrogens with one attached hydrogen (secondary N) is 1. The lowest BCUT2D eigenvalue weighted by atomic mass is 9.98. The number of hydrogen-bond acceptors (Lipinski definition) is 4. The van der Waals surface area contributed by atoms with Crippen LogP contribution in [0.4, 0.5) is 5.69 Å². The first-order valence-electron chi connectivity index (χ1n) is 10.5. The second kappa shape index (κ2) is 9.04. The number of aryl methyl sites for hydroxylation is 1. The highest BCUT2D eigenvalue weighted by Crippen LogP contribution is 2.28. The number of benzene rings is 3. The number of nitrogens with zero attached hydrogens (tertiary/aromatic N) is 1. The van der Waals surface area contributed by atoms with E-state index in [1.54, 1.807) is 0 Å². The molecule has 158 valence electrons. The van der Waals surface area contributed by atoms with Crippen LogP contribution in [0.25, 0.3) is 22.6 Å². The molecule has 0 spiro atoms. The first-order valence-corrected chi connectivity index (χ1v) is 10.5. The van der Waals surface area contributed by atoms with Crippen molar-refractivity contribution in [3.63, 3.8) is 0 Å². The minimum atomic E-state index is -0.215. The van der Waals surface area contributed by atoms with Crippen LogP contribution < -0.4 is 10.1 Å². The Balaban J connectivity index is 1.40. The monoisotopic (exact) mass is 414 g/mol. The summed E-state index contributed by atoms with van der Waals surface area (Å²) in [5, 5.41) is 2.84. The topological polar surface area (TPSA) is 64.4 Å². The van der Waals surface area contributed by atoms with Gasteiger partial charge in [0.25, 0.3) is 5.91 Å². The summed E-state index contributed by atoms with van der Waals surface area (Å²) in [5.41, 5.74) is 5.59. The zero-order chi connectivity index (χ0) is 21.8. The van der Waals surface area contributed by atoms with Crippen molar-refractivity contribution in [2.24, 2.45) is 0 Å². The van der Waals surface area contributed by atoms with Gasteiger partial charge in [-0.1, -0.05) is 37.6 Å². The quantitative estimate of drug-likeness (QED) is 0.383. The Labute approximate surface area is 182 Å². The number of rotatable bonds is 7. The Morgan fingerprint density at radius 1 is 1.06 bits per heavy atom. The fraction of sp³-hybridized carbons (Fsp3) is 0.231. The summed E-state index contributed by atoms with van der Waals surface area (Å²) in [7, 11) is 0. The van der Waals surface area contributed by atoms with Crippen molar-refractivity contribution < 1.29 is 13.9 Å². The molecule has 3 aromatic carbocycles. The van der Waals surface area contributed by atoms with E-state index in [0.717, 1.165) is 28.6 Å². The van der Waals surface area contributed by atoms with Gasteiger partial charge in [0.15, 0.2) is 12.2 Å². The molecule has 4 aromatic rings. The molecule has 1 N–H and O–H groups in total. The van der Waals surface area contributed by atoms with Crippen LogP contribution in [0.2, 0.25) is 0 Å².